The third-order valence-corrected chi connectivity index (χ3v) is 3.75. The van der Waals surface area contributed by atoms with E-state index in [9.17, 15) is 4.79 Å². The van der Waals surface area contributed by atoms with Crippen molar-refractivity contribution < 1.29 is 4.79 Å². The topological polar surface area (TPSA) is 94.9 Å². The number of nitrogens with zero attached hydrogens (tertiary/aromatic N) is 2. The fraction of sp³-hybridized carbons (Fsp3) is 0.214. The third-order valence-electron chi connectivity index (χ3n) is 2.91. The number of hydrogen-bond donors (Lipinski definition) is 2. The molecule has 0 saturated heterocycles. The van der Waals surface area contributed by atoms with E-state index in [-0.39, 0.29) is 11.5 Å². The lowest BCUT2D eigenvalue weighted by Crippen LogP contribution is -2.05. The summed E-state index contributed by atoms with van der Waals surface area (Å²) in [5.74, 6) is 0.894. The Morgan fingerprint density at radius 1 is 1.10 bits per heavy atom. The highest BCUT2D eigenvalue weighted by Crippen LogP contribution is 2.18. The van der Waals surface area contributed by atoms with Crippen LogP contribution in [0.15, 0.2) is 29.4 Å². The average Bonchev–Trinajstić information content (AvgIpc) is 2.38. The Balaban J connectivity index is 2.06. The zero-order valence-corrected chi connectivity index (χ0v) is 12.2. The molecule has 6 heteroatoms. The summed E-state index contributed by atoms with van der Waals surface area (Å²) in [4.78, 5) is 20.2. The molecule has 0 spiro atoms. The van der Waals surface area contributed by atoms with Crippen LogP contribution in [-0.4, -0.2) is 21.5 Å². The van der Waals surface area contributed by atoms with E-state index in [1.54, 1.807) is 0 Å². The molecular formula is C14H16N4OS. The maximum Gasteiger partial charge on any atom is 0.191 e. The summed E-state index contributed by atoms with van der Waals surface area (Å²) >= 11 is 1.23. The molecule has 0 aliphatic rings. The number of nitrogen functional groups attached to an aromatic ring is 2. The summed E-state index contributed by atoms with van der Waals surface area (Å²) in [6.07, 6.45) is 0. The van der Waals surface area contributed by atoms with Crippen molar-refractivity contribution in [2.75, 3.05) is 17.2 Å². The monoisotopic (exact) mass is 288 g/mol. The molecule has 0 saturated carbocycles. The summed E-state index contributed by atoms with van der Waals surface area (Å²) in [7, 11) is 0. The van der Waals surface area contributed by atoms with Gasteiger partial charge in [0.1, 0.15) is 11.6 Å². The van der Waals surface area contributed by atoms with Gasteiger partial charge in [-0.1, -0.05) is 23.9 Å². The molecule has 2 rings (SSSR count). The van der Waals surface area contributed by atoms with E-state index in [4.69, 9.17) is 11.5 Å². The van der Waals surface area contributed by atoms with Crippen LogP contribution in [0.2, 0.25) is 0 Å². The van der Waals surface area contributed by atoms with E-state index < -0.39 is 0 Å². The summed E-state index contributed by atoms with van der Waals surface area (Å²) in [6, 6.07) is 7.16. The summed E-state index contributed by atoms with van der Waals surface area (Å²) in [6.45, 7) is 4.00. The van der Waals surface area contributed by atoms with Crippen molar-refractivity contribution >= 4 is 29.2 Å². The summed E-state index contributed by atoms with van der Waals surface area (Å²) < 4.78 is 0. The lowest BCUT2D eigenvalue weighted by Gasteiger charge is -2.05. The van der Waals surface area contributed by atoms with Gasteiger partial charge in [0.25, 0.3) is 0 Å². The molecule has 1 aromatic carbocycles. The van der Waals surface area contributed by atoms with Crippen LogP contribution in [0.3, 0.4) is 0 Å². The zero-order valence-electron chi connectivity index (χ0n) is 11.4. The maximum absolute atomic E-state index is 12.1. The molecule has 0 unspecified atom stereocenters. The summed E-state index contributed by atoms with van der Waals surface area (Å²) in [5, 5.41) is 0.416. The van der Waals surface area contributed by atoms with Crippen LogP contribution in [0.5, 0.6) is 0 Å². The predicted molar refractivity (Wildman–Crippen MR) is 81.8 cm³/mol. The van der Waals surface area contributed by atoms with Crippen LogP contribution >= 0.6 is 11.8 Å². The number of hydrogen-bond acceptors (Lipinski definition) is 6. The molecule has 4 N–H and O–H groups in total. The van der Waals surface area contributed by atoms with Crippen LogP contribution in [0, 0.1) is 13.8 Å². The standard InChI is InChI=1S/C14H16N4OS/c1-8-3-4-10(5-9(8)2)11(19)7-20-14-17-12(15)6-13(16)18-14/h3-6H,7H2,1-2H3,(H4,15,16,17,18). The number of benzene rings is 1. The molecule has 0 aliphatic heterocycles. The molecule has 1 aromatic heterocycles. The van der Waals surface area contributed by atoms with E-state index in [2.05, 4.69) is 9.97 Å². The van der Waals surface area contributed by atoms with Gasteiger partial charge in [-0.2, -0.15) is 0 Å². The Labute approximate surface area is 121 Å². The second kappa shape index (κ2) is 5.92. The van der Waals surface area contributed by atoms with E-state index in [1.165, 1.54) is 23.4 Å². The molecule has 104 valence electrons. The number of aryl methyl sites for hydroxylation is 2. The Morgan fingerprint density at radius 3 is 2.35 bits per heavy atom. The number of aromatic nitrogens is 2. The molecular weight excluding hydrogens is 272 g/mol. The highest BCUT2D eigenvalue weighted by atomic mass is 32.2. The van der Waals surface area contributed by atoms with Gasteiger partial charge in [-0.15, -0.1) is 0 Å². The second-order valence-corrected chi connectivity index (χ2v) is 5.45. The molecule has 0 fully saturated rings. The fourth-order valence-corrected chi connectivity index (χ4v) is 2.42. The first kappa shape index (κ1) is 14.3. The van der Waals surface area contributed by atoms with Crippen molar-refractivity contribution in [1.29, 1.82) is 0 Å². The van der Waals surface area contributed by atoms with Gasteiger partial charge in [-0.3, -0.25) is 4.79 Å². The van der Waals surface area contributed by atoms with Gasteiger partial charge in [0.05, 0.1) is 5.75 Å². The van der Waals surface area contributed by atoms with E-state index in [0.717, 1.165) is 5.56 Å². The molecule has 0 aliphatic carbocycles. The van der Waals surface area contributed by atoms with Crippen molar-refractivity contribution in [3.8, 4) is 0 Å². The molecule has 0 bridgehead atoms. The highest BCUT2D eigenvalue weighted by molar-refractivity contribution is 7.99. The predicted octanol–water partition coefficient (Wildman–Crippen LogP) is 2.23. The van der Waals surface area contributed by atoms with Crippen LogP contribution in [0.1, 0.15) is 21.5 Å². The molecule has 1 heterocycles. The smallest absolute Gasteiger partial charge is 0.191 e. The van der Waals surface area contributed by atoms with Crippen molar-refractivity contribution in [1.82, 2.24) is 9.97 Å². The first-order valence-corrected chi connectivity index (χ1v) is 7.07. The fourth-order valence-electron chi connectivity index (χ4n) is 1.65. The van der Waals surface area contributed by atoms with Crippen molar-refractivity contribution in [3.63, 3.8) is 0 Å². The number of nitrogens with two attached hydrogens (primary N) is 2. The van der Waals surface area contributed by atoms with Crippen molar-refractivity contribution in [2.24, 2.45) is 0 Å². The molecule has 0 atom stereocenters. The number of thioether (sulfide) groups is 1. The number of carbonyl (C=O) groups excluding carboxylic acids is 1. The van der Waals surface area contributed by atoms with Gasteiger partial charge in [0, 0.05) is 11.6 Å². The Hall–Kier alpha value is -2.08. The summed E-state index contributed by atoms with van der Waals surface area (Å²) in [5.41, 5.74) is 14.1. The first-order valence-electron chi connectivity index (χ1n) is 6.09. The van der Waals surface area contributed by atoms with E-state index in [0.29, 0.717) is 22.4 Å². The Bertz CT molecular complexity index is 637. The van der Waals surface area contributed by atoms with Crippen molar-refractivity contribution in [2.45, 2.75) is 19.0 Å². The zero-order chi connectivity index (χ0) is 14.7. The maximum atomic E-state index is 12.1. The number of Topliss-reactive ketones (excluding diaryl/α,β-unsaturated/α-hetero) is 1. The lowest BCUT2D eigenvalue weighted by atomic mass is 10.0. The molecule has 2 aromatic rings. The molecule has 0 amide bonds. The van der Waals surface area contributed by atoms with Crippen LogP contribution in [-0.2, 0) is 0 Å². The highest BCUT2D eigenvalue weighted by Gasteiger charge is 2.09. The Kier molecular flexibility index (Phi) is 4.24. The number of anilines is 2. The number of ketones is 1. The van der Waals surface area contributed by atoms with Gasteiger partial charge in [-0.05, 0) is 31.0 Å². The SMILES string of the molecule is Cc1ccc(C(=O)CSc2nc(N)cc(N)n2)cc1C. The minimum absolute atomic E-state index is 0.0303. The Morgan fingerprint density at radius 2 is 1.75 bits per heavy atom. The first-order chi connectivity index (χ1) is 9.45. The number of rotatable bonds is 4. The van der Waals surface area contributed by atoms with E-state index >= 15 is 0 Å². The lowest BCUT2D eigenvalue weighted by molar-refractivity contribution is 0.102. The van der Waals surface area contributed by atoms with Gasteiger partial charge in [0.15, 0.2) is 10.9 Å². The van der Waals surface area contributed by atoms with Crippen LogP contribution < -0.4 is 11.5 Å². The molecule has 20 heavy (non-hydrogen) atoms. The second-order valence-electron chi connectivity index (χ2n) is 4.51. The van der Waals surface area contributed by atoms with Crippen LogP contribution in [0.25, 0.3) is 0 Å². The average molecular weight is 288 g/mol. The third kappa shape index (κ3) is 3.48. The molecule has 0 radical (unpaired) electrons. The van der Waals surface area contributed by atoms with Gasteiger partial charge >= 0.3 is 0 Å². The van der Waals surface area contributed by atoms with Gasteiger partial charge in [-0.25, -0.2) is 9.97 Å². The van der Waals surface area contributed by atoms with Gasteiger partial charge in [0.2, 0.25) is 0 Å². The van der Waals surface area contributed by atoms with E-state index in [1.807, 2.05) is 32.0 Å². The molecule has 5 nitrogen and oxygen atoms in total. The minimum atomic E-state index is 0.0303. The van der Waals surface area contributed by atoms with Gasteiger partial charge < -0.3 is 11.5 Å². The largest absolute Gasteiger partial charge is 0.383 e. The van der Waals surface area contributed by atoms with Crippen LogP contribution in [0.4, 0.5) is 11.6 Å². The van der Waals surface area contributed by atoms with Crippen molar-refractivity contribution in [3.05, 3.63) is 41.0 Å². The minimum Gasteiger partial charge on any atom is -0.383 e. The number of carbonyl (C=O) groups is 1. The quantitative estimate of drug-likeness (QED) is 0.509. The normalized spacial score (nSPS) is 10.5.